The number of aromatic nitrogens is 2. The Morgan fingerprint density at radius 1 is 0.969 bits per heavy atom. The Morgan fingerprint density at radius 2 is 1.78 bits per heavy atom. The maximum atomic E-state index is 12.9. The van der Waals surface area contributed by atoms with Crippen LogP contribution in [0, 0.1) is 0 Å². The summed E-state index contributed by atoms with van der Waals surface area (Å²) in [5.41, 5.74) is 10.3. The zero-order chi connectivity index (χ0) is 22.1. The van der Waals surface area contributed by atoms with Crippen LogP contribution in [-0.2, 0) is 0 Å². The van der Waals surface area contributed by atoms with E-state index in [1.807, 2.05) is 72.1 Å². The molecule has 3 aromatic heterocycles. The highest BCUT2D eigenvalue weighted by Gasteiger charge is 2.19. The summed E-state index contributed by atoms with van der Waals surface area (Å²) in [5.74, 6) is 0.458. The van der Waals surface area contributed by atoms with Crippen LogP contribution >= 0.6 is 22.7 Å². The smallest absolute Gasteiger partial charge is 0.269 e. The minimum Gasteiger partial charge on any atom is -0.497 e. The SMILES string of the molecule is COc1cccc(-c2csc(NC(=O)c3sc4nc(-c5ccccc5)ccc4c3N)n2)c1. The fourth-order valence-electron chi connectivity index (χ4n) is 3.34. The summed E-state index contributed by atoms with van der Waals surface area (Å²) >= 11 is 2.64. The first kappa shape index (κ1) is 20.2. The Bertz CT molecular complexity index is 1430. The number of nitrogens with zero attached hydrogens (tertiary/aromatic N) is 2. The molecule has 1 amide bonds. The normalized spacial score (nSPS) is 10.9. The number of ether oxygens (including phenoxy) is 1. The molecule has 0 aliphatic rings. The van der Waals surface area contributed by atoms with Gasteiger partial charge in [-0.15, -0.1) is 22.7 Å². The molecular weight excluding hydrogens is 440 g/mol. The van der Waals surface area contributed by atoms with Crippen LogP contribution in [0.1, 0.15) is 9.67 Å². The molecule has 0 radical (unpaired) electrons. The molecule has 5 aromatic rings. The Kier molecular flexibility index (Phi) is 5.30. The number of methoxy groups -OCH3 is 1. The van der Waals surface area contributed by atoms with Gasteiger partial charge in [-0.1, -0.05) is 42.5 Å². The number of nitrogens with two attached hydrogens (primary N) is 1. The van der Waals surface area contributed by atoms with E-state index in [0.29, 0.717) is 15.7 Å². The van der Waals surface area contributed by atoms with Gasteiger partial charge in [0.05, 0.1) is 24.2 Å². The highest BCUT2D eigenvalue weighted by molar-refractivity contribution is 7.21. The molecular formula is C24H18N4O2S2. The Hall–Kier alpha value is -3.75. The quantitative estimate of drug-likeness (QED) is 0.341. The van der Waals surface area contributed by atoms with Crippen LogP contribution in [0.2, 0.25) is 0 Å². The van der Waals surface area contributed by atoms with Crippen molar-refractivity contribution >= 4 is 49.6 Å². The number of fused-ring (bicyclic) bond motifs is 1. The number of nitrogen functional groups attached to an aromatic ring is 1. The molecule has 0 aliphatic carbocycles. The molecule has 2 aromatic carbocycles. The van der Waals surface area contributed by atoms with Gasteiger partial charge in [-0.05, 0) is 24.3 Å². The first-order valence-corrected chi connectivity index (χ1v) is 11.5. The average Bonchev–Trinajstić information content (AvgIpc) is 3.44. The lowest BCUT2D eigenvalue weighted by Gasteiger charge is -2.02. The van der Waals surface area contributed by atoms with Crippen LogP contribution in [0.3, 0.4) is 0 Å². The molecule has 0 saturated carbocycles. The van der Waals surface area contributed by atoms with E-state index in [9.17, 15) is 4.79 Å². The number of nitrogens with one attached hydrogen (secondary N) is 1. The standard InChI is InChI=1S/C24H18N4O2S2/c1-30-16-9-5-8-15(12-16)19-13-31-24(27-19)28-22(29)21-20(25)17-10-11-18(26-23(17)32-21)14-6-3-2-4-7-14/h2-13H,25H2,1H3,(H,27,28,29). The lowest BCUT2D eigenvalue weighted by molar-refractivity contribution is 0.103. The second-order valence-corrected chi connectivity index (χ2v) is 8.84. The van der Waals surface area contributed by atoms with E-state index in [-0.39, 0.29) is 5.91 Å². The highest BCUT2D eigenvalue weighted by Crippen LogP contribution is 2.35. The van der Waals surface area contributed by atoms with Crippen molar-refractivity contribution in [3.63, 3.8) is 0 Å². The van der Waals surface area contributed by atoms with Crippen molar-refractivity contribution in [2.75, 3.05) is 18.2 Å². The van der Waals surface area contributed by atoms with Crippen LogP contribution in [-0.4, -0.2) is 23.0 Å². The van der Waals surface area contributed by atoms with E-state index in [1.54, 1.807) is 7.11 Å². The predicted molar refractivity (Wildman–Crippen MR) is 132 cm³/mol. The van der Waals surface area contributed by atoms with E-state index < -0.39 is 0 Å². The van der Waals surface area contributed by atoms with Gasteiger partial charge in [-0.2, -0.15) is 0 Å². The minimum atomic E-state index is -0.293. The van der Waals surface area contributed by atoms with Gasteiger partial charge in [0.15, 0.2) is 5.13 Å². The first-order valence-electron chi connectivity index (χ1n) is 9.78. The summed E-state index contributed by atoms with van der Waals surface area (Å²) in [4.78, 5) is 23.3. The van der Waals surface area contributed by atoms with Crippen molar-refractivity contribution in [3.05, 3.63) is 77.0 Å². The van der Waals surface area contributed by atoms with Crippen molar-refractivity contribution in [3.8, 4) is 28.3 Å². The Labute approximate surface area is 192 Å². The molecule has 3 heterocycles. The second-order valence-electron chi connectivity index (χ2n) is 6.98. The summed E-state index contributed by atoms with van der Waals surface area (Å²) in [5, 5.41) is 6.04. The third kappa shape index (κ3) is 3.81. The number of benzene rings is 2. The van der Waals surface area contributed by atoms with Gasteiger partial charge in [-0.25, -0.2) is 9.97 Å². The van der Waals surface area contributed by atoms with E-state index in [2.05, 4.69) is 10.3 Å². The number of rotatable bonds is 5. The maximum Gasteiger partial charge on any atom is 0.269 e. The number of thiazole rings is 1. The number of amides is 1. The molecule has 0 bridgehead atoms. The number of carbonyl (C=O) groups excluding carboxylic acids is 1. The van der Waals surface area contributed by atoms with Crippen molar-refractivity contribution in [2.24, 2.45) is 0 Å². The number of anilines is 2. The molecule has 0 spiro atoms. The number of hydrogen-bond donors (Lipinski definition) is 2. The average molecular weight is 459 g/mol. The third-order valence-electron chi connectivity index (χ3n) is 4.96. The van der Waals surface area contributed by atoms with Crippen molar-refractivity contribution in [1.29, 1.82) is 0 Å². The number of thiophene rings is 1. The first-order chi connectivity index (χ1) is 15.6. The van der Waals surface area contributed by atoms with Crippen LogP contribution in [0.5, 0.6) is 5.75 Å². The van der Waals surface area contributed by atoms with Gasteiger partial charge >= 0.3 is 0 Å². The molecule has 5 rings (SSSR count). The van der Waals surface area contributed by atoms with E-state index in [4.69, 9.17) is 15.5 Å². The molecule has 0 fully saturated rings. The molecule has 0 unspecified atom stereocenters. The fourth-order valence-corrected chi connectivity index (χ4v) is 5.04. The molecule has 8 heteroatoms. The lowest BCUT2D eigenvalue weighted by atomic mass is 10.1. The zero-order valence-electron chi connectivity index (χ0n) is 17.0. The number of carbonyl (C=O) groups is 1. The summed E-state index contributed by atoms with van der Waals surface area (Å²) in [6.45, 7) is 0. The Morgan fingerprint density at radius 3 is 2.59 bits per heavy atom. The Balaban J connectivity index is 1.40. The molecule has 0 atom stereocenters. The lowest BCUT2D eigenvalue weighted by Crippen LogP contribution is -2.11. The summed E-state index contributed by atoms with van der Waals surface area (Å²) < 4.78 is 5.27. The van der Waals surface area contributed by atoms with Gasteiger partial charge in [0.2, 0.25) is 0 Å². The molecule has 0 aliphatic heterocycles. The molecule has 158 valence electrons. The van der Waals surface area contributed by atoms with E-state index in [0.717, 1.165) is 38.5 Å². The van der Waals surface area contributed by atoms with Crippen LogP contribution in [0.15, 0.2) is 72.1 Å². The van der Waals surface area contributed by atoms with Gasteiger partial charge in [0, 0.05) is 21.9 Å². The maximum absolute atomic E-state index is 12.9. The van der Waals surface area contributed by atoms with Crippen LogP contribution in [0.4, 0.5) is 10.8 Å². The van der Waals surface area contributed by atoms with Gasteiger partial charge in [-0.3, -0.25) is 10.1 Å². The van der Waals surface area contributed by atoms with Gasteiger partial charge in [0.1, 0.15) is 15.5 Å². The van der Waals surface area contributed by atoms with Crippen LogP contribution in [0.25, 0.3) is 32.7 Å². The number of pyridine rings is 1. The van der Waals surface area contributed by atoms with Gasteiger partial charge < -0.3 is 10.5 Å². The molecule has 6 nitrogen and oxygen atoms in total. The van der Waals surface area contributed by atoms with Gasteiger partial charge in [0.25, 0.3) is 5.91 Å². The zero-order valence-corrected chi connectivity index (χ0v) is 18.7. The van der Waals surface area contributed by atoms with Crippen LogP contribution < -0.4 is 15.8 Å². The molecule has 3 N–H and O–H groups in total. The summed E-state index contributed by atoms with van der Waals surface area (Å²) in [6.07, 6.45) is 0. The predicted octanol–water partition coefficient (Wildman–Crippen LogP) is 5.93. The molecule has 32 heavy (non-hydrogen) atoms. The highest BCUT2D eigenvalue weighted by atomic mass is 32.1. The summed E-state index contributed by atoms with van der Waals surface area (Å²) in [7, 11) is 1.62. The van der Waals surface area contributed by atoms with Crippen molar-refractivity contribution < 1.29 is 9.53 Å². The van der Waals surface area contributed by atoms with Crippen molar-refractivity contribution in [2.45, 2.75) is 0 Å². The summed E-state index contributed by atoms with van der Waals surface area (Å²) in [6, 6.07) is 21.4. The van der Waals surface area contributed by atoms with E-state index >= 15 is 0 Å². The molecule has 0 saturated heterocycles. The second kappa shape index (κ2) is 8.41. The monoisotopic (exact) mass is 458 g/mol. The minimum absolute atomic E-state index is 0.293. The topological polar surface area (TPSA) is 90.1 Å². The fraction of sp³-hybridized carbons (Fsp3) is 0.0417. The largest absolute Gasteiger partial charge is 0.497 e. The van der Waals surface area contributed by atoms with Crippen molar-refractivity contribution in [1.82, 2.24) is 9.97 Å². The van der Waals surface area contributed by atoms with E-state index in [1.165, 1.54) is 22.7 Å². The third-order valence-corrected chi connectivity index (χ3v) is 6.83. The number of hydrogen-bond acceptors (Lipinski definition) is 7.